The maximum atomic E-state index is 13.5. The predicted octanol–water partition coefficient (Wildman–Crippen LogP) is 2.69. The maximum absolute atomic E-state index is 13.5. The van der Waals surface area contributed by atoms with Gasteiger partial charge < -0.3 is 5.32 Å². The number of rotatable bonds is 3. The Hall–Kier alpha value is -1.69. The fraction of sp³-hybridized carbons (Fsp3) is 0.529. The van der Waals surface area contributed by atoms with E-state index >= 15 is 0 Å². The molecular weight excluding hydrogens is 313 g/mol. The van der Waals surface area contributed by atoms with Crippen LogP contribution < -0.4 is 16.2 Å². The minimum Gasteiger partial charge on any atom is -0.358 e. The number of benzene rings is 1. The van der Waals surface area contributed by atoms with Gasteiger partial charge in [0.2, 0.25) is 5.91 Å². The van der Waals surface area contributed by atoms with E-state index in [1.165, 1.54) is 18.9 Å². The van der Waals surface area contributed by atoms with Gasteiger partial charge in [0.1, 0.15) is 5.82 Å². The van der Waals surface area contributed by atoms with Crippen molar-refractivity contribution in [2.45, 2.75) is 45.6 Å². The Balaban J connectivity index is 1.76. The number of halogens is 1. The first kappa shape index (κ1) is 17.7. The largest absolute Gasteiger partial charge is 0.358 e. The average Bonchev–Trinajstić information content (AvgIpc) is 2.52. The van der Waals surface area contributed by atoms with Crippen molar-refractivity contribution in [1.29, 1.82) is 0 Å². The number of amides is 1. The van der Waals surface area contributed by atoms with E-state index in [2.05, 4.69) is 30.0 Å². The lowest BCUT2D eigenvalue weighted by Gasteiger charge is -2.35. The molecule has 1 aromatic carbocycles. The molecule has 3 N–H and O–H groups in total. The van der Waals surface area contributed by atoms with Gasteiger partial charge in [0, 0.05) is 6.04 Å². The molecule has 0 heterocycles. The van der Waals surface area contributed by atoms with Crippen LogP contribution in [0.25, 0.3) is 0 Å². The summed E-state index contributed by atoms with van der Waals surface area (Å²) < 4.78 is 13.5. The van der Waals surface area contributed by atoms with E-state index in [-0.39, 0.29) is 18.1 Å². The number of hydrogen-bond donors (Lipinski definition) is 3. The first-order valence-corrected chi connectivity index (χ1v) is 8.47. The van der Waals surface area contributed by atoms with Crippen molar-refractivity contribution >= 4 is 23.2 Å². The minimum atomic E-state index is -0.381. The molecule has 1 amide bonds. The second-order valence-corrected chi connectivity index (χ2v) is 6.70. The molecule has 126 valence electrons. The standard InChI is InChI=1S/C17H24FN3OS/c1-11-6-5-9-15(12(11)2)19-17(23)21-20-16(22)10-13-7-3-4-8-14(13)18/h3-4,7-8,11-12,15H,5-6,9-10H2,1-2H3,(H,20,22)(H2,19,21,23)/t11-,12+,15+/m0/s1. The average molecular weight is 337 g/mol. The third-order valence-electron chi connectivity index (χ3n) is 4.65. The summed E-state index contributed by atoms with van der Waals surface area (Å²) in [6.45, 7) is 4.48. The highest BCUT2D eigenvalue weighted by Crippen LogP contribution is 2.29. The molecule has 3 atom stereocenters. The van der Waals surface area contributed by atoms with Crippen molar-refractivity contribution < 1.29 is 9.18 Å². The third kappa shape index (κ3) is 5.16. The van der Waals surface area contributed by atoms with E-state index in [0.717, 1.165) is 6.42 Å². The molecule has 1 fully saturated rings. The van der Waals surface area contributed by atoms with Crippen molar-refractivity contribution in [3.63, 3.8) is 0 Å². The number of thiocarbonyl (C=S) groups is 1. The van der Waals surface area contributed by atoms with Gasteiger partial charge in [0.25, 0.3) is 0 Å². The second kappa shape index (κ2) is 8.24. The smallest absolute Gasteiger partial charge is 0.242 e. The van der Waals surface area contributed by atoms with E-state index in [1.807, 2.05) is 0 Å². The Morgan fingerprint density at radius 3 is 2.74 bits per heavy atom. The quantitative estimate of drug-likeness (QED) is 0.586. The van der Waals surface area contributed by atoms with Crippen molar-refractivity contribution in [2.24, 2.45) is 11.8 Å². The molecule has 4 nitrogen and oxygen atoms in total. The Morgan fingerprint density at radius 1 is 1.26 bits per heavy atom. The monoisotopic (exact) mass is 337 g/mol. The lowest BCUT2D eigenvalue weighted by Crippen LogP contribution is -2.52. The van der Waals surface area contributed by atoms with Crippen molar-refractivity contribution in [3.05, 3.63) is 35.6 Å². The minimum absolute atomic E-state index is 0.0286. The number of carbonyl (C=O) groups is 1. The van der Waals surface area contributed by atoms with Crippen LogP contribution in [-0.4, -0.2) is 17.1 Å². The summed E-state index contributed by atoms with van der Waals surface area (Å²) >= 11 is 5.22. The second-order valence-electron chi connectivity index (χ2n) is 6.29. The van der Waals surface area contributed by atoms with Crippen molar-refractivity contribution in [1.82, 2.24) is 16.2 Å². The van der Waals surface area contributed by atoms with Crippen LogP contribution in [-0.2, 0) is 11.2 Å². The molecule has 1 aromatic rings. The highest BCUT2D eigenvalue weighted by atomic mass is 32.1. The Kier molecular flexibility index (Phi) is 6.33. The highest BCUT2D eigenvalue weighted by molar-refractivity contribution is 7.80. The molecule has 1 aliphatic rings. The zero-order chi connectivity index (χ0) is 16.8. The Bertz CT molecular complexity index is 567. The van der Waals surface area contributed by atoms with Crippen LogP contribution in [0.1, 0.15) is 38.7 Å². The number of carbonyl (C=O) groups excluding carboxylic acids is 1. The summed E-state index contributed by atoms with van der Waals surface area (Å²) in [4.78, 5) is 11.9. The van der Waals surface area contributed by atoms with E-state index < -0.39 is 0 Å². The first-order chi connectivity index (χ1) is 11.0. The highest BCUT2D eigenvalue weighted by Gasteiger charge is 2.27. The van der Waals surface area contributed by atoms with Crippen LogP contribution in [0.4, 0.5) is 4.39 Å². The van der Waals surface area contributed by atoms with E-state index in [9.17, 15) is 9.18 Å². The lowest BCUT2D eigenvalue weighted by atomic mass is 9.78. The van der Waals surface area contributed by atoms with E-state index in [4.69, 9.17) is 12.2 Å². The summed E-state index contributed by atoms with van der Waals surface area (Å²) in [6, 6.07) is 6.56. The molecule has 0 bridgehead atoms. The zero-order valence-corrected chi connectivity index (χ0v) is 14.4. The molecule has 0 aliphatic heterocycles. The molecule has 0 unspecified atom stereocenters. The summed E-state index contributed by atoms with van der Waals surface area (Å²) in [5.41, 5.74) is 5.58. The molecule has 1 saturated carbocycles. The molecule has 0 spiro atoms. The Morgan fingerprint density at radius 2 is 2.00 bits per heavy atom. The lowest BCUT2D eigenvalue weighted by molar-refractivity contribution is -0.121. The zero-order valence-electron chi connectivity index (χ0n) is 13.6. The van der Waals surface area contributed by atoms with Gasteiger partial charge in [-0.15, -0.1) is 0 Å². The Labute approximate surface area is 142 Å². The molecule has 1 aliphatic carbocycles. The van der Waals surface area contributed by atoms with Crippen molar-refractivity contribution in [3.8, 4) is 0 Å². The van der Waals surface area contributed by atoms with Gasteiger partial charge in [0.15, 0.2) is 5.11 Å². The van der Waals surface area contributed by atoms with E-state index in [0.29, 0.717) is 28.6 Å². The van der Waals surface area contributed by atoms with Gasteiger partial charge in [-0.05, 0) is 42.1 Å². The van der Waals surface area contributed by atoms with Gasteiger partial charge in [-0.3, -0.25) is 15.6 Å². The van der Waals surface area contributed by atoms with Crippen LogP contribution in [0.2, 0.25) is 0 Å². The SMILES string of the molecule is C[C@@H]1[C@@H](C)CCC[C@H]1NC(=S)NNC(=O)Cc1ccccc1F. The molecule has 23 heavy (non-hydrogen) atoms. The summed E-state index contributed by atoms with van der Waals surface area (Å²) in [6.07, 6.45) is 3.49. The van der Waals surface area contributed by atoms with Crippen LogP contribution in [0.15, 0.2) is 24.3 Å². The van der Waals surface area contributed by atoms with Gasteiger partial charge >= 0.3 is 0 Å². The van der Waals surface area contributed by atoms with Crippen LogP contribution in [0.5, 0.6) is 0 Å². The van der Waals surface area contributed by atoms with Gasteiger partial charge in [0.05, 0.1) is 6.42 Å². The van der Waals surface area contributed by atoms with Crippen LogP contribution >= 0.6 is 12.2 Å². The maximum Gasteiger partial charge on any atom is 0.242 e. The fourth-order valence-corrected chi connectivity index (χ4v) is 3.18. The van der Waals surface area contributed by atoms with Crippen LogP contribution in [0, 0.1) is 17.7 Å². The predicted molar refractivity (Wildman–Crippen MR) is 93.1 cm³/mol. The molecule has 0 aromatic heterocycles. The molecule has 0 radical (unpaired) electrons. The molecule has 6 heteroatoms. The number of nitrogens with one attached hydrogen (secondary N) is 3. The normalized spacial score (nSPS) is 23.9. The van der Waals surface area contributed by atoms with Crippen molar-refractivity contribution in [2.75, 3.05) is 0 Å². The first-order valence-electron chi connectivity index (χ1n) is 8.06. The number of hydrazine groups is 1. The molecule has 0 saturated heterocycles. The third-order valence-corrected chi connectivity index (χ3v) is 4.87. The van der Waals surface area contributed by atoms with Gasteiger partial charge in [-0.25, -0.2) is 4.39 Å². The molecule has 2 rings (SSSR count). The topological polar surface area (TPSA) is 53.2 Å². The van der Waals surface area contributed by atoms with Gasteiger partial charge in [-0.2, -0.15) is 0 Å². The van der Waals surface area contributed by atoms with E-state index in [1.54, 1.807) is 18.2 Å². The summed E-state index contributed by atoms with van der Waals surface area (Å²) in [5, 5.41) is 3.66. The summed E-state index contributed by atoms with van der Waals surface area (Å²) in [5.74, 6) is 0.495. The van der Waals surface area contributed by atoms with Gasteiger partial charge in [-0.1, -0.05) is 44.9 Å². The van der Waals surface area contributed by atoms with Crippen LogP contribution in [0.3, 0.4) is 0 Å². The summed E-state index contributed by atoms with van der Waals surface area (Å²) in [7, 11) is 0. The molecular formula is C17H24FN3OS. The fourth-order valence-electron chi connectivity index (χ4n) is 2.98. The number of hydrogen-bond acceptors (Lipinski definition) is 2.